The van der Waals surface area contributed by atoms with E-state index in [9.17, 15) is 0 Å². The molecule has 5 nitrogen and oxygen atoms in total. The average Bonchev–Trinajstić information content (AvgIpc) is 3.14. The van der Waals surface area contributed by atoms with Crippen LogP contribution in [0.1, 0.15) is 59.3 Å². The van der Waals surface area contributed by atoms with Crippen molar-refractivity contribution in [1.82, 2.24) is 10.2 Å². The fraction of sp³-hybridized carbons (Fsp3) is 0.947. The molecule has 1 unspecified atom stereocenters. The minimum Gasteiger partial charge on any atom is -0.376 e. The first-order valence-corrected chi connectivity index (χ1v) is 10.0. The SMILES string of the molecule is CCNC(=NCC(CC)CC)N1CCC(OCC2CCCO2)CC1. The molecule has 0 aromatic heterocycles. The molecule has 2 heterocycles. The Kier molecular flexibility index (Phi) is 8.89. The summed E-state index contributed by atoms with van der Waals surface area (Å²) in [4.78, 5) is 7.28. The Labute approximate surface area is 148 Å². The lowest BCUT2D eigenvalue weighted by Gasteiger charge is -2.34. The first-order chi connectivity index (χ1) is 11.8. The summed E-state index contributed by atoms with van der Waals surface area (Å²) in [7, 11) is 0. The second-order valence-electron chi connectivity index (χ2n) is 7.03. The highest BCUT2D eigenvalue weighted by molar-refractivity contribution is 5.80. The zero-order chi connectivity index (χ0) is 17.2. The number of likely N-dealkylation sites (tertiary alicyclic amines) is 1. The maximum absolute atomic E-state index is 6.08. The van der Waals surface area contributed by atoms with Crippen LogP contribution in [-0.2, 0) is 9.47 Å². The van der Waals surface area contributed by atoms with E-state index < -0.39 is 0 Å². The van der Waals surface area contributed by atoms with Crippen LogP contribution >= 0.6 is 0 Å². The molecule has 5 heteroatoms. The number of nitrogens with one attached hydrogen (secondary N) is 1. The predicted octanol–water partition coefficient (Wildman–Crippen LogP) is 3.05. The van der Waals surface area contributed by atoms with Crippen LogP contribution in [0, 0.1) is 5.92 Å². The van der Waals surface area contributed by atoms with Crippen molar-refractivity contribution in [1.29, 1.82) is 0 Å². The Morgan fingerprint density at radius 1 is 1.21 bits per heavy atom. The number of piperidine rings is 1. The van der Waals surface area contributed by atoms with Crippen molar-refractivity contribution >= 4 is 5.96 Å². The standard InChI is InChI=1S/C19H37N3O2/c1-4-16(5-2)14-21-19(20-6-3)22-11-9-17(10-12-22)24-15-18-8-7-13-23-18/h16-18H,4-15H2,1-3H3,(H,20,21). The maximum Gasteiger partial charge on any atom is 0.193 e. The Morgan fingerprint density at radius 3 is 2.54 bits per heavy atom. The molecule has 2 saturated heterocycles. The van der Waals surface area contributed by atoms with Gasteiger partial charge in [0.05, 0.1) is 18.8 Å². The van der Waals surface area contributed by atoms with Gasteiger partial charge in [0, 0.05) is 32.8 Å². The summed E-state index contributed by atoms with van der Waals surface area (Å²) >= 11 is 0. The number of nitrogens with zero attached hydrogens (tertiary/aromatic N) is 2. The molecule has 0 saturated carbocycles. The fourth-order valence-electron chi connectivity index (χ4n) is 3.44. The van der Waals surface area contributed by atoms with Crippen molar-refractivity contribution in [2.75, 3.05) is 39.4 Å². The molecule has 2 aliphatic heterocycles. The van der Waals surface area contributed by atoms with E-state index in [4.69, 9.17) is 14.5 Å². The van der Waals surface area contributed by atoms with Crippen molar-refractivity contribution in [3.63, 3.8) is 0 Å². The molecule has 0 bridgehead atoms. The van der Waals surface area contributed by atoms with E-state index in [-0.39, 0.29) is 0 Å². The van der Waals surface area contributed by atoms with Crippen molar-refractivity contribution in [3.05, 3.63) is 0 Å². The highest BCUT2D eigenvalue weighted by atomic mass is 16.5. The molecular formula is C19H37N3O2. The summed E-state index contributed by atoms with van der Waals surface area (Å²) in [6, 6.07) is 0. The van der Waals surface area contributed by atoms with Crippen molar-refractivity contribution in [2.24, 2.45) is 10.9 Å². The highest BCUT2D eigenvalue weighted by Crippen LogP contribution is 2.18. The lowest BCUT2D eigenvalue weighted by atomic mass is 10.0. The van der Waals surface area contributed by atoms with Gasteiger partial charge in [-0.25, -0.2) is 0 Å². The Morgan fingerprint density at radius 2 is 1.96 bits per heavy atom. The van der Waals surface area contributed by atoms with E-state index in [0.29, 0.717) is 18.1 Å². The van der Waals surface area contributed by atoms with Crippen LogP contribution in [-0.4, -0.2) is 62.5 Å². The van der Waals surface area contributed by atoms with Crippen molar-refractivity contribution in [3.8, 4) is 0 Å². The third kappa shape index (κ3) is 6.25. The number of aliphatic imine (C=N–C) groups is 1. The number of ether oxygens (including phenoxy) is 2. The highest BCUT2D eigenvalue weighted by Gasteiger charge is 2.24. The average molecular weight is 340 g/mol. The summed E-state index contributed by atoms with van der Waals surface area (Å²) in [5, 5.41) is 3.46. The normalized spacial score (nSPS) is 23.2. The fourth-order valence-corrected chi connectivity index (χ4v) is 3.44. The van der Waals surface area contributed by atoms with Gasteiger partial charge in [-0.15, -0.1) is 0 Å². The second kappa shape index (κ2) is 10.9. The molecule has 0 radical (unpaired) electrons. The minimum atomic E-state index is 0.335. The molecule has 0 amide bonds. The topological polar surface area (TPSA) is 46.1 Å². The van der Waals surface area contributed by atoms with Crippen LogP contribution < -0.4 is 5.32 Å². The summed E-state index contributed by atoms with van der Waals surface area (Å²) in [6.45, 7) is 12.3. The summed E-state index contributed by atoms with van der Waals surface area (Å²) in [6.07, 6.45) is 7.65. The molecule has 0 aliphatic carbocycles. The van der Waals surface area contributed by atoms with Crippen LogP contribution in [0.15, 0.2) is 4.99 Å². The molecule has 2 aliphatic rings. The van der Waals surface area contributed by atoms with Crippen molar-refractivity contribution in [2.45, 2.75) is 71.5 Å². The Balaban J connectivity index is 1.75. The van der Waals surface area contributed by atoms with Gasteiger partial charge in [0.15, 0.2) is 5.96 Å². The smallest absolute Gasteiger partial charge is 0.193 e. The van der Waals surface area contributed by atoms with Gasteiger partial charge in [-0.2, -0.15) is 0 Å². The number of hydrogen-bond acceptors (Lipinski definition) is 3. The van der Waals surface area contributed by atoms with Gasteiger partial charge >= 0.3 is 0 Å². The van der Waals surface area contributed by atoms with Gasteiger partial charge in [0.2, 0.25) is 0 Å². The lowest BCUT2D eigenvalue weighted by Crippen LogP contribution is -2.47. The van der Waals surface area contributed by atoms with Crippen LogP contribution in [0.5, 0.6) is 0 Å². The maximum atomic E-state index is 6.08. The van der Waals surface area contributed by atoms with Crippen LogP contribution in [0.2, 0.25) is 0 Å². The zero-order valence-electron chi connectivity index (χ0n) is 15.9. The molecule has 2 fully saturated rings. The Bertz CT molecular complexity index is 358. The molecule has 1 N–H and O–H groups in total. The molecule has 0 spiro atoms. The van der Waals surface area contributed by atoms with Gasteiger partial charge in [-0.05, 0) is 38.5 Å². The Hall–Kier alpha value is -0.810. The molecule has 140 valence electrons. The predicted molar refractivity (Wildman–Crippen MR) is 99.6 cm³/mol. The third-order valence-electron chi connectivity index (χ3n) is 5.27. The van der Waals surface area contributed by atoms with Gasteiger partial charge in [0.25, 0.3) is 0 Å². The monoisotopic (exact) mass is 339 g/mol. The van der Waals surface area contributed by atoms with Gasteiger partial charge in [-0.3, -0.25) is 4.99 Å². The van der Waals surface area contributed by atoms with Gasteiger partial charge < -0.3 is 19.7 Å². The quantitative estimate of drug-likeness (QED) is 0.545. The first kappa shape index (κ1) is 19.5. The van der Waals surface area contributed by atoms with Crippen LogP contribution in [0.25, 0.3) is 0 Å². The van der Waals surface area contributed by atoms with Crippen molar-refractivity contribution < 1.29 is 9.47 Å². The van der Waals surface area contributed by atoms with Crippen LogP contribution in [0.3, 0.4) is 0 Å². The summed E-state index contributed by atoms with van der Waals surface area (Å²) in [5.41, 5.74) is 0. The molecule has 24 heavy (non-hydrogen) atoms. The lowest BCUT2D eigenvalue weighted by molar-refractivity contribution is -0.0367. The van der Waals surface area contributed by atoms with E-state index in [1.165, 1.54) is 19.3 Å². The number of guanidine groups is 1. The minimum absolute atomic E-state index is 0.335. The van der Waals surface area contributed by atoms with E-state index in [1.807, 2.05) is 0 Å². The zero-order valence-corrected chi connectivity index (χ0v) is 15.9. The van der Waals surface area contributed by atoms with Gasteiger partial charge in [-0.1, -0.05) is 26.7 Å². The summed E-state index contributed by atoms with van der Waals surface area (Å²) in [5.74, 6) is 1.79. The van der Waals surface area contributed by atoms with E-state index >= 15 is 0 Å². The third-order valence-corrected chi connectivity index (χ3v) is 5.27. The van der Waals surface area contributed by atoms with Gasteiger partial charge in [0.1, 0.15) is 0 Å². The molecule has 1 atom stereocenters. The van der Waals surface area contributed by atoms with Crippen LogP contribution in [0.4, 0.5) is 0 Å². The largest absolute Gasteiger partial charge is 0.376 e. The molecule has 0 aromatic rings. The molecule has 0 aromatic carbocycles. The van der Waals surface area contributed by atoms with E-state index in [2.05, 4.69) is 31.0 Å². The van der Waals surface area contributed by atoms with E-state index in [1.54, 1.807) is 0 Å². The first-order valence-electron chi connectivity index (χ1n) is 10.0. The second-order valence-corrected chi connectivity index (χ2v) is 7.03. The number of rotatable bonds is 8. The summed E-state index contributed by atoms with van der Waals surface area (Å²) < 4.78 is 11.7. The number of hydrogen-bond donors (Lipinski definition) is 1. The van der Waals surface area contributed by atoms with E-state index in [0.717, 1.165) is 64.6 Å². The molecular weight excluding hydrogens is 302 g/mol. The molecule has 2 rings (SSSR count).